The fourth-order valence-electron chi connectivity index (χ4n) is 1.04. The highest BCUT2D eigenvalue weighted by atomic mass is 32.2. The number of aliphatic hydroxyl groups is 1. The van der Waals surface area contributed by atoms with Gasteiger partial charge in [-0.25, -0.2) is 13.6 Å². The number of primary sulfonamides is 1. The molecule has 1 radical (unpaired) electrons. The lowest BCUT2D eigenvalue weighted by Crippen LogP contribution is -2.15. The van der Waals surface area contributed by atoms with Crippen molar-refractivity contribution in [2.45, 2.75) is 11.3 Å². The van der Waals surface area contributed by atoms with Gasteiger partial charge < -0.3 is 5.11 Å². The summed E-state index contributed by atoms with van der Waals surface area (Å²) in [5.41, 5.74) is 0.493. The van der Waals surface area contributed by atoms with Crippen molar-refractivity contribution in [2.24, 2.45) is 5.14 Å². The molecule has 0 heterocycles. The number of benzene rings is 1. The van der Waals surface area contributed by atoms with Crippen molar-refractivity contribution in [1.29, 1.82) is 0 Å². The van der Waals surface area contributed by atoms with Crippen LogP contribution in [0.25, 0.3) is 0 Å². The van der Waals surface area contributed by atoms with Crippen molar-refractivity contribution in [1.82, 2.24) is 0 Å². The molecular weight excluding hydrogens is 190 g/mol. The summed E-state index contributed by atoms with van der Waals surface area (Å²) >= 11 is 0. The first-order chi connectivity index (χ1) is 6.05. The second-order valence-corrected chi connectivity index (χ2v) is 4.04. The average molecular weight is 200 g/mol. The second kappa shape index (κ2) is 3.87. The van der Waals surface area contributed by atoms with Gasteiger partial charge >= 0.3 is 0 Å². The number of sulfonamides is 1. The molecule has 0 aliphatic heterocycles. The van der Waals surface area contributed by atoms with Crippen LogP contribution < -0.4 is 5.14 Å². The minimum absolute atomic E-state index is 0.0379. The number of rotatable bonds is 3. The topological polar surface area (TPSA) is 80.4 Å². The third-order valence-electron chi connectivity index (χ3n) is 1.57. The van der Waals surface area contributed by atoms with Crippen molar-refractivity contribution >= 4 is 10.0 Å². The molecule has 0 atom stereocenters. The monoisotopic (exact) mass is 200 g/mol. The molecule has 0 saturated heterocycles. The molecule has 1 rings (SSSR count). The van der Waals surface area contributed by atoms with E-state index in [0.29, 0.717) is 5.56 Å². The molecule has 3 N–H and O–H groups in total. The van der Waals surface area contributed by atoms with E-state index in [-0.39, 0.29) is 17.9 Å². The molecule has 0 spiro atoms. The molecule has 0 aliphatic rings. The van der Waals surface area contributed by atoms with Crippen LogP contribution in [0.5, 0.6) is 0 Å². The lowest BCUT2D eigenvalue weighted by molar-refractivity contribution is 0.298. The summed E-state index contributed by atoms with van der Waals surface area (Å²) in [4.78, 5) is -0.0379. The molecule has 0 fully saturated rings. The van der Waals surface area contributed by atoms with E-state index in [4.69, 9.17) is 10.2 Å². The molecule has 4 nitrogen and oxygen atoms in total. The number of aliphatic hydroxyl groups excluding tert-OH is 1. The Kier molecular flexibility index (Phi) is 3.02. The van der Waals surface area contributed by atoms with Gasteiger partial charge in [0, 0.05) is 12.7 Å². The van der Waals surface area contributed by atoms with Crippen molar-refractivity contribution in [2.75, 3.05) is 6.61 Å². The molecule has 0 amide bonds. The van der Waals surface area contributed by atoms with Crippen LogP contribution in [0, 0.1) is 6.07 Å². The zero-order chi connectivity index (χ0) is 9.90. The maximum absolute atomic E-state index is 11.0. The largest absolute Gasteiger partial charge is 0.396 e. The van der Waals surface area contributed by atoms with E-state index >= 15 is 0 Å². The Morgan fingerprint density at radius 2 is 2.23 bits per heavy atom. The van der Waals surface area contributed by atoms with E-state index < -0.39 is 10.0 Å². The summed E-state index contributed by atoms with van der Waals surface area (Å²) in [5, 5.41) is 13.6. The second-order valence-electron chi connectivity index (χ2n) is 2.54. The van der Waals surface area contributed by atoms with Gasteiger partial charge in [0.1, 0.15) is 0 Å². The summed E-state index contributed by atoms with van der Waals surface area (Å²) in [7, 11) is -3.72. The van der Waals surface area contributed by atoms with Crippen LogP contribution in [0.2, 0.25) is 0 Å². The fourth-order valence-corrected chi connectivity index (χ4v) is 1.81. The first kappa shape index (κ1) is 10.2. The van der Waals surface area contributed by atoms with Gasteiger partial charge in [-0.1, -0.05) is 18.2 Å². The number of nitrogens with two attached hydrogens (primary N) is 1. The normalized spacial score (nSPS) is 11.5. The first-order valence-electron chi connectivity index (χ1n) is 3.69. The van der Waals surface area contributed by atoms with Gasteiger partial charge in [0.15, 0.2) is 0 Å². The smallest absolute Gasteiger partial charge is 0.238 e. The predicted molar refractivity (Wildman–Crippen MR) is 47.4 cm³/mol. The average Bonchev–Trinajstić information content (AvgIpc) is 2.04. The van der Waals surface area contributed by atoms with Crippen LogP contribution in [0.4, 0.5) is 0 Å². The summed E-state index contributed by atoms with van der Waals surface area (Å²) in [6.45, 7) is -0.111. The van der Waals surface area contributed by atoms with E-state index in [2.05, 4.69) is 6.07 Å². The maximum atomic E-state index is 11.0. The Morgan fingerprint density at radius 1 is 1.54 bits per heavy atom. The minimum atomic E-state index is -3.72. The summed E-state index contributed by atoms with van der Waals surface area (Å²) in [6, 6.07) is 7.27. The number of hydrogen-bond donors (Lipinski definition) is 2. The van der Waals surface area contributed by atoms with Crippen molar-refractivity contribution < 1.29 is 13.5 Å². The van der Waals surface area contributed by atoms with Gasteiger partial charge in [-0.3, -0.25) is 0 Å². The maximum Gasteiger partial charge on any atom is 0.238 e. The summed E-state index contributed by atoms with van der Waals surface area (Å²) in [5.74, 6) is 0. The highest BCUT2D eigenvalue weighted by Gasteiger charge is 2.12. The van der Waals surface area contributed by atoms with Crippen molar-refractivity contribution in [3.63, 3.8) is 0 Å². The molecule has 1 aromatic rings. The Morgan fingerprint density at radius 3 is 2.77 bits per heavy atom. The molecule has 1 aromatic carbocycles. The van der Waals surface area contributed by atoms with Crippen LogP contribution in [-0.2, 0) is 16.4 Å². The van der Waals surface area contributed by atoms with E-state index in [0.717, 1.165) is 0 Å². The van der Waals surface area contributed by atoms with Gasteiger partial charge in [-0.05, 0) is 12.0 Å². The lowest BCUT2D eigenvalue weighted by atomic mass is 10.2. The highest BCUT2D eigenvalue weighted by Crippen LogP contribution is 2.12. The zero-order valence-corrected chi connectivity index (χ0v) is 7.71. The van der Waals surface area contributed by atoms with E-state index in [1.165, 1.54) is 6.07 Å². The summed E-state index contributed by atoms with van der Waals surface area (Å²) in [6.07, 6.45) is 0.267. The molecule has 0 aliphatic carbocycles. The van der Waals surface area contributed by atoms with Crippen LogP contribution in [0.3, 0.4) is 0 Å². The SMILES string of the molecule is NS(=O)(=O)c1[c]cccc1CCO. The third-order valence-corrected chi connectivity index (χ3v) is 2.51. The van der Waals surface area contributed by atoms with Crippen LogP contribution >= 0.6 is 0 Å². The van der Waals surface area contributed by atoms with Gasteiger partial charge in [-0.15, -0.1) is 0 Å². The molecule has 13 heavy (non-hydrogen) atoms. The van der Waals surface area contributed by atoms with Gasteiger partial charge in [-0.2, -0.15) is 0 Å². The number of hydrogen-bond acceptors (Lipinski definition) is 3. The minimum Gasteiger partial charge on any atom is -0.396 e. The van der Waals surface area contributed by atoms with Crippen molar-refractivity contribution in [3.05, 3.63) is 29.8 Å². The van der Waals surface area contributed by atoms with Crippen molar-refractivity contribution in [3.8, 4) is 0 Å². The molecular formula is C8H10NO3S. The first-order valence-corrected chi connectivity index (χ1v) is 5.23. The Hall–Kier alpha value is -0.910. The Bertz CT molecular complexity index is 386. The highest BCUT2D eigenvalue weighted by molar-refractivity contribution is 7.89. The summed E-state index contributed by atoms with van der Waals surface area (Å²) < 4.78 is 22.0. The van der Waals surface area contributed by atoms with E-state index in [1.54, 1.807) is 12.1 Å². The molecule has 0 aromatic heterocycles. The third kappa shape index (κ3) is 2.51. The standard InChI is InChI=1S/C8H10NO3S/c9-13(11,12)8-4-2-1-3-7(8)5-6-10/h1-3,10H,5-6H2,(H2,9,11,12). The van der Waals surface area contributed by atoms with Crippen LogP contribution in [-0.4, -0.2) is 20.1 Å². The fraction of sp³-hybridized carbons (Fsp3) is 0.250. The Labute approximate surface area is 77.1 Å². The van der Waals surface area contributed by atoms with E-state index in [1.807, 2.05) is 0 Å². The zero-order valence-electron chi connectivity index (χ0n) is 6.90. The lowest BCUT2D eigenvalue weighted by Gasteiger charge is -2.04. The van der Waals surface area contributed by atoms with Crippen LogP contribution in [0.1, 0.15) is 5.56 Å². The Balaban J connectivity index is 3.20. The molecule has 0 unspecified atom stereocenters. The molecule has 5 heteroatoms. The molecule has 0 bridgehead atoms. The van der Waals surface area contributed by atoms with E-state index in [9.17, 15) is 8.42 Å². The quantitative estimate of drug-likeness (QED) is 0.701. The van der Waals surface area contributed by atoms with Gasteiger partial charge in [0.2, 0.25) is 10.0 Å². The van der Waals surface area contributed by atoms with Crippen LogP contribution in [0.15, 0.2) is 23.1 Å². The molecule has 0 saturated carbocycles. The van der Waals surface area contributed by atoms with Gasteiger partial charge in [0.25, 0.3) is 0 Å². The predicted octanol–water partition coefficient (Wildman–Crippen LogP) is -0.331. The van der Waals surface area contributed by atoms with Gasteiger partial charge in [0.05, 0.1) is 4.90 Å². The molecule has 71 valence electrons.